The van der Waals surface area contributed by atoms with E-state index in [1.807, 2.05) is 54.6 Å². The van der Waals surface area contributed by atoms with Crippen LogP contribution < -0.4 is 4.65 Å². The van der Waals surface area contributed by atoms with Gasteiger partial charge in [0.1, 0.15) is 11.4 Å². The maximum absolute atomic E-state index is 12.7. The predicted octanol–water partition coefficient (Wildman–Crippen LogP) is 3.50. The molecule has 0 fully saturated rings. The molecule has 1 aliphatic heterocycles. The van der Waals surface area contributed by atoms with Gasteiger partial charge >= 0.3 is 0 Å². The van der Waals surface area contributed by atoms with Gasteiger partial charge in [-0.25, -0.2) is 0 Å². The smallest absolute Gasteiger partial charge is 0.201 e. The van der Waals surface area contributed by atoms with Gasteiger partial charge in [-0.05, 0) is 6.07 Å². The normalized spacial score (nSPS) is 22.1. The standard InChI is InChI=1S/C13H10N2O/c16-15(11-6-2-1-3-7-11)10-14-12-8-4-5-9-13(12)15/h1-10H. The summed E-state index contributed by atoms with van der Waals surface area (Å²) in [6, 6.07) is 16.7. The second-order valence-electron chi connectivity index (χ2n) is 3.73. The molecule has 1 atom stereocenters. The molecule has 0 aromatic heterocycles. The lowest BCUT2D eigenvalue weighted by atomic mass is 10.2. The summed E-state index contributed by atoms with van der Waals surface area (Å²) in [5, 5.41) is 12.7. The Kier molecular flexibility index (Phi) is 1.89. The van der Waals surface area contributed by atoms with Crippen molar-refractivity contribution in [2.24, 2.45) is 4.99 Å². The fraction of sp³-hybridized carbons (Fsp3) is 0. The largest absolute Gasteiger partial charge is 0.616 e. The minimum Gasteiger partial charge on any atom is -0.616 e. The average Bonchev–Trinajstić information content (AvgIpc) is 2.71. The Labute approximate surface area is 93.5 Å². The van der Waals surface area contributed by atoms with Gasteiger partial charge in [-0.1, -0.05) is 30.3 Å². The van der Waals surface area contributed by atoms with Crippen LogP contribution in [0.25, 0.3) is 0 Å². The van der Waals surface area contributed by atoms with Crippen molar-refractivity contribution in [2.75, 3.05) is 0 Å². The summed E-state index contributed by atoms with van der Waals surface area (Å²) in [6.45, 7) is 0. The monoisotopic (exact) mass is 210 g/mol. The second-order valence-corrected chi connectivity index (χ2v) is 3.73. The number of hydroxylamine groups is 1. The molecule has 0 spiro atoms. The summed E-state index contributed by atoms with van der Waals surface area (Å²) in [6.07, 6.45) is 1.43. The fourth-order valence-electron chi connectivity index (χ4n) is 1.92. The summed E-state index contributed by atoms with van der Waals surface area (Å²) in [7, 11) is 0. The van der Waals surface area contributed by atoms with E-state index >= 15 is 0 Å². The zero-order valence-electron chi connectivity index (χ0n) is 8.58. The van der Waals surface area contributed by atoms with Crippen molar-refractivity contribution in [2.45, 2.75) is 0 Å². The molecule has 0 bridgehead atoms. The van der Waals surface area contributed by atoms with E-state index in [0.717, 1.165) is 5.69 Å². The van der Waals surface area contributed by atoms with Gasteiger partial charge < -0.3 is 5.21 Å². The van der Waals surface area contributed by atoms with Crippen molar-refractivity contribution >= 4 is 23.4 Å². The Balaban J connectivity index is 2.19. The molecule has 3 heteroatoms. The van der Waals surface area contributed by atoms with Crippen molar-refractivity contribution in [3.8, 4) is 0 Å². The Bertz CT molecular complexity index is 551. The van der Waals surface area contributed by atoms with E-state index in [0.29, 0.717) is 11.4 Å². The van der Waals surface area contributed by atoms with Crippen LogP contribution in [-0.4, -0.2) is 6.34 Å². The Morgan fingerprint density at radius 1 is 0.875 bits per heavy atom. The van der Waals surface area contributed by atoms with Crippen LogP contribution in [0.5, 0.6) is 0 Å². The zero-order chi connectivity index (χ0) is 11.0. The maximum atomic E-state index is 12.7. The lowest BCUT2D eigenvalue weighted by Gasteiger charge is -2.33. The molecule has 1 unspecified atom stereocenters. The molecule has 0 saturated heterocycles. The molecule has 3 rings (SSSR count). The van der Waals surface area contributed by atoms with Crippen LogP contribution in [0.3, 0.4) is 0 Å². The molecule has 0 amide bonds. The van der Waals surface area contributed by atoms with Crippen LogP contribution in [0.1, 0.15) is 0 Å². The van der Waals surface area contributed by atoms with Crippen molar-refractivity contribution < 1.29 is 0 Å². The molecular weight excluding hydrogens is 200 g/mol. The van der Waals surface area contributed by atoms with E-state index in [1.165, 1.54) is 6.34 Å². The summed E-state index contributed by atoms with van der Waals surface area (Å²) in [5.41, 5.74) is 2.10. The van der Waals surface area contributed by atoms with Crippen LogP contribution in [0.2, 0.25) is 0 Å². The van der Waals surface area contributed by atoms with Gasteiger partial charge in [0.25, 0.3) is 0 Å². The zero-order valence-corrected chi connectivity index (χ0v) is 8.58. The third kappa shape index (κ3) is 1.19. The summed E-state index contributed by atoms with van der Waals surface area (Å²) < 4.78 is -0.600. The van der Waals surface area contributed by atoms with E-state index in [2.05, 4.69) is 4.99 Å². The molecule has 0 N–H and O–H groups in total. The number of benzene rings is 2. The van der Waals surface area contributed by atoms with Crippen molar-refractivity contribution in [3.63, 3.8) is 0 Å². The molecule has 0 saturated carbocycles. The van der Waals surface area contributed by atoms with Crippen LogP contribution >= 0.6 is 0 Å². The van der Waals surface area contributed by atoms with E-state index in [1.54, 1.807) is 0 Å². The molecule has 0 radical (unpaired) electrons. The number of para-hydroxylation sites is 3. The van der Waals surface area contributed by atoms with Gasteiger partial charge in [0, 0.05) is 18.2 Å². The molecule has 3 nitrogen and oxygen atoms in total. The number of rotatable bonds is 1. The number of hydrogen-bond donors (Lipinski definition) is 0. The first kappa shape index (κ1) is 9.27. The molecule has 78 valence electrons. The molecular formula is C13H10N2O. The highest BCUT2D eigenvalue weighted by Crippen LogP contribution is 2.42. The minimum absolute atomic E-state index is 0.600. The predicted molar refractivity (Wildman–Crippen MR) is 65.9 cm³/mol. The number of quaternary nitrogens is 1. The topological polar surface area (TPSA) is 35.4 Å². The fourth-order valence-corrected chi connectivity index (χ4v) is 1.92. The first-order valence-corrected chi connectivity index (χ1v) is 5.11. The molecule has 2 aromatic carbocycles. The lowest BCUT2D eigenvalue weighted by molar-refractivity contribution is 0.777. The molecule has 16 heavy (non-hydrogen) atoms. The van der Waals surface area contributed by atoms with Crippen LogP contribution in [0.15, 0.2) is 59.6 Å². The van der Waals surface area contributed by atoms with Crippen LogP contribution in [-0.2, 0) is 0 Å². The van der Waals surface area contributed by atoms with Gasteiger partial charge in [-0.15, -0.1) is 0 Å². The molecule has 0 aliphatic carbocycles. The van der Waals surface area contributed by atoms with Gasteiger partial charge in [0.05, 0.1) is 0 Å². The second kappa shape index (κ2) is 3.27. The van der Waals surface area contributed by atoms with Crippen molar-refractivity contribution in [3.05, 3.63) is 59.8 Å². The van der Waals surface area contributed by atoms with Crippen molar-refractivity contribution in [1.29, 1.82) is 0 Å². The Morgan fingerprint density at radius 2 is 1.56 bits per heavy atom. The number of nitrogens with zero attached hydrogens (tertiary/aromatic N) is 2. The highest BCUT2D eigenvalue weighted by Gasteiger charge is 2.29. The Hall–Kier alpha value is -1.97. The molecule has 1 heterocycles. The quantitative estimate of drug-likeness (QED) is 0.524. The molecule has 2 aromatic rings. The first-order chi connectivity index (χ1) is 7.81. The maximum Gasteiger partial charge on any atom is 0.201 e. The summed E-state index contributed by atoms with van der Waals surface area (Å²) in [5.74, 6) is 0. The average molecular weight is 210 g/mol. The van der Waals surface area contributed by atoms with E-state index < -0.39 is 4.65 Å². The highest BCUT2D eigenvalue weighted by molar-refractivity contribution is 5.95. The third-order valence-corrected chi connectivity index (χ3v) is 2.74. The van der Waals surface area contributed by atoms with E-state index in [-0.39, 0.29) is 0 Å². The lowest BCUT2D eigenvalue weighted by Crippen LogP contribution is -2.33. The SMILES string of the molecule is [O-][N+]1(c2ccccc2)C=Nc2ccccc21. The summed E-state index contributed by atoms with van der Waals surface area (Å²) in [4.78, 5) is 4.16. The van der Waals surface area contributed by atoms with E-state index in [4.69, 9.17) is 0 Å². The van der Waals surface area contributed by atoms with Gasteiger partial charge in [-0.2, -0.15) is 4.99 Å². The highest BCUT2D eigenvalue weighted by atomic mass is 16.5. The van der Waals surface area contributed by atoms with Crippen LogP contribution in [0, 0.1) is 5.21 Å². The third-order valence-electron chi connectivity index (χ3n) is 2.74. The van der Waals surface area contributed by atoms with Gasteiger partial charge in [-0.3, -0.25) is 4.65 Å². The summed E-state index contributed by atoms with van der Waals surface area (Å²) >= 11 is 0. The van der Waals surface area contributed by atoms with E-state index in [9.17, 15) is 5.21 Å². The van der Waals surface area contributed by atoms with Crippen LogP contribution in [0.4, 0.5) is 17.1 Å². The number of hydrogen-bond acceptors (Lipinski definition) is 2. The molecule has 1 aliphatic rings. The number of fused-ring (bicyclic) bond motifs is 1. The number of aliphatic imine (C=N–C) groups is 1. The minimum atomic E-state index is -0.600. The first-order valence-electron chi connectivity index (χ1n) is 5.11. The van der Waals surface area contributed by atoms with Crippen molar-refractivity contribution in [1.82, 2.24) is 4.65 Å². The Morgan fingerprint density at radius 3 is 2.38 bits per heavy atom. The van der Waals surface area contributed by atoms with Gasteiger partial charge in [0.15, 0.2) is 5.69 Å². The van der Waals surface area contributed by atoms with Gasteiger partial charge in [0.2, 0.25) is 6.34 Å².